The Morgan fingerprint density at radius 3 is 1.85 bits per heavy atom. The first-order valence-electron chi connectivity index (χ1n) is 8.30. The fourth-order valence-electron chi connectivity index (χ4n) is 2.74. The molecule has 1 aromatic heterocycles. The van der Waals surface area contributed by atoms with Crippen LogP contribution in [0.4, 0.5) is 5.82 Å². The van der Waals surface area contributed by atoms with E-state index in [-0.39, 0.29) is 0 Å². The number of rotatable bonds is 11. The number of hydrogen-bond donors (Lipinski definition) is 1. The summed E-state index contributed by atoms with van der Waals surface area (Å²) in [6, 6.07) is 0. The zero-order valence-corrected chi connectivity index (χ0v) is 16.3. The molecule has 0 aromatic carbocycles. The molecule has 0 fully saturated rings. The van der Waals surface area contributed by atoms with E-state index >= 15 is 0 Å². The molecule has 3 nitrogen and oxygen atoms in total. The van der Waals surface area contributed by atoms with Gasteiger partial charge in [-0.15, -0.1) is 0 Å². The molecule has 0 saturated heterocycles. The topological polar surface area (TPSA) is 37.8 Å². The molecule has 4 heteroatoms. The minimum atomic E-state index is -2.30. The summed E-state index contributed by atoms with van der Waals surface area (Å²) < 4.78 is 8.27. The molecule has 1 N–H and O–H groups in total. The van der Waals surface area contributed by atoms with Crippen molar-refractivity contribution in [1.82, 2.24) is 9.97 Å². The molecule has 0 saturated carbocycles. The van der Waals surface area contributed by atoms with Crippen LogP contribution in [0.2, 0.25) is 13.3 Å². The van der Waals surface area contributed by atoms with Crippen LogP contribution in [0.3, 0.4) is 0 Å². The number of hydrogen-bond acceptors (Lipinski definition) is 3. The van der Waals surface area contributed by atoms with Gasteiger partial charge in [0.05, 0.1) is 0 Å². The molecule has 1 heterocycles. The molecule has 0 amide bonds. The van der Waals surface area contributed by atoms with Gasteiger partial charge < -0.3 is 0 Å². The van der Waals surface area contributed by atoms with Crippen molar-refractivity contribution in [3.05, 3.63) is 18.6 Å². The average molecular weight is 384 g/mol. The Morgan fingerprint density at radius 2 is 1.45 bits per heavy atom. The number of anilines is 1. The number of nitrogens with zero attached hydrogens (tertiary/aromatic N) is 2. The van der Waals surface area contributed by atoms with E-state index in [2.05, 4.69) is 34.3 Å². The van der Waals surface area contributed by atoms with Crippen molar-refractivity contribution in [3.63, 3.8) is 0 Å². The molecule has 114 valence electrons. The monoisotopic (exact) mass is 385 g/mol. The summed E-state index contributed by atoms with van der Waals surface area (Å²) in [5, 5.41) is 0. The summed E-state index contributed by atoms with van der Waals surface area (Å²) in [5.41, 5.74) is 0. The van der Waals surface area contributed by atoms with Crippen molar-refractivity contribution >= 4 is 24.5 Å². The molecule has 0 spiro atoms. The third kappa shape index (κ3) is 6.42. The van der Waals surface area contributed by atoms with Crippen molar-refractivity contribution in [3.8, 4) is 0 Å². The Labute approximate surface area is 129 Å². The van der Waals surface area contributed by atoms with Gasteiger partial charge in [0.2, 0.25) is 0 Å². The van der Waals surface area contributed by atoms with Crippen LogP contribution in [-0.2, 0) is 0 Å². The average Bonchev–Trinajstić information content (AvgIpc) is 2.49. The van der Waals surface area contributed by atoms with Crippen LogP contribution in [0.25, 0.3) is 0 Å². The standard InChI is InChI=1S/C4H4N3.3C4H9.Sn/c5-4-3-6-1-2-7-4;3*1-3-4-2;/h1-3H,(H-,5,7);3*1,3-4H2,2H3;/q-1;;;;+1. The van der Waals surface area contributed by atoms with Crippen molar-refractivity contribution in [2.75, 3.05) is 3.54 Å². The number of nitrogens with one attached hydrogen (secondary N) is 1. The summed E-state index contributed by atoms with van der Waals surface area (Å²) in [7, 11) is 0. The van der Waals surface area contributed by atoms with Gasteiger partial charge in [-0.2, -0.15) is 0 Å². The second-order valence-corrected chi connectivity index (χ2v) is 18.1. The van der Waals surface area contributed by atoms with Crippen molar-refractivity contribution in [2.45, 2.75) is 72.6 Å². The molecule has 0 aliphatic carbocycles. The quantitative estimate of drug-likeness (QED) is 0.531. The molecule has 0 radical (unpaired) electrons. The van der Waals surface area contributed by atoms with Crippen LogP contribution < -0.4 is 3.54 Å². The van der Waals surface area contributed by atoms with Gasteiger partial charge in [0, 0.05) is 0 Å². The van der Waals surface area contributed by atoms with E-state index in [1.165, 1.54) is 51.8 Å². The first-order valence-corrected chi connectivity index (χ1v) is 15.8. The molecular weight excluding hydrogens is 353 g/mol. The van der Waals surface area contributed by atoms with Crippen LogP contribution in [0.1, 0.15) is 59.3 Å². The second-order valence-electron chi connectivity index (χ2n) is 5.81. The Balaban J connectivity index is 2.81. The van der Waals surface area contributed by atoms with E-state index in [4.69, 9.17) is 0 Å². The normalized spacial score (nSPS) is 11.6. The van der Waals surface area contributed by atoms with Gasteiger partial charge in [-0.3, -0.25) is 0 Å². The Morgan fingerprint density at radius 1 is 0.900 bits per heavy atom. The Bertz CT molecular complexity index is 321. The van der Waals surface area contributed by atoms with Crippen LogP contribution in [0, 0.1) is 0 Å². The van der Waals surface area contributed by atoms with Gasteiger partial charge >= 0.3 is 129 Å². The molecule has 0 bridgehead atoms. The van der Waals surface area contributed by atoms with Gasteiger partial charge in [-0.25, -0.2) is 0 Å². The van der Waals surface area contributed by atoms with Crippen molar-refractivity contribution in [2.24, 2.45) is 0 Å². The SMILES string of the molecule is CCC[CH2][Sn]([CH2]CCC)([CH2]CCC)[NH]c1cnccn1. The molecule has 0 unspecified atom stereocenters. The van der Waals surface area contributed by atoms with Crippen LogP contribution in [0.15, 0.2) is 18.6 Å². The van der Waals surface area contributed by atoms with Gasteiger partial charge in [0.15, 0.2) is 0 Å². The van der Waals surface area contributed by atoms with E-state index in [0.29, 0.717) is 0 Å². The van der Waals surface area contributed by atoms with Crippen LogP contribution >= 0.6 is 0 Å². The Hall–Kier alpha value is -0.321. The summed E-state index contributed by atoms with van der Waals surface area (Å²) in [6.45, 7) is 6.91. The molecular formula is C16H31N3Sn. The molecule has 0 aliphatic rings. The van der Waals surface area contributed by atoms with Crippen molar-refractivity contribution < 1.29 is 0 Å². The van der Waals surface area contributed by atoms with Gasteiger partial charge in [-0.05, 0) is 0 Å². The minimum absolute atomic E-state index is 1.02. The third-order valence-corrected chi connectivity index (χ3v) is 17.5. The first kappa shape index (κ1) is 17.7. The zero-order chi connectivity index (χ0) is 14.7. The predicted octanol–water partition coefficient (Wildman–Crippen LogP) is 5.23. The number of unbranched alkanes of at least 4 members (excludes halogenated alkanes) is 3. The second kappa shape index (κ2) is 10.4. The summed E-state index contributed by atoms with van der Waals surface area (Å²) >= 11 is -2.30. The maximum absolute atomic E-state index is 4.47. The van der Waals surface area contributed by atoms with Gasteiger partial charge in [0.25, 0.3) is 0 Å². The zero-order valence-electron chi connectivity index (χ0n) is 13.5. The molecule has 1 aromatic rings. The summed E-state index contributed by atoms with van der Waals surface area (Å²) in [5.74, 6) is 1.02. The maximum atomic E-state index is 4.47. The first-order chi connectivity index (χ1) is 9.76. The number of aromatic nitrogens is 2. The Kier molecular flexibility index (Phi) is 9.23. The molecule has 0 aliphatic heterocycles. The van der Waals surface area contributed by atoms with E-state index in [9.17, 15) is 0 Å². The van der Waals surface area contributed by atoms with Crippen molar-refractivity contribution in [1.29, 1.82) is 0 Å². The third-order valence-electron chi connectivity index (χ3n) is 3.98. The van der Waals surface area contributed by atoms with Gasteiger partial charge in [-0.1, -0.05) is 0 Å². The van der Waals surface area contributed by atoms with E-state index in [0.717, 1.165) is 5.82 Å². The van der Waals surface area contributed by atoms with E-state index in [1.807, 2.05) is 6.20 Å². The van der Waals surface area contributed by atoms with E-state index in [1.54, 1.807) is 12.4 Å². The fourth-order valence-corrected chi connectivity index (χ4v) is 16.7. The molecule has 0 atom stereocenters. The molecule has 20 heavy (non-hydrogen) atoms. The fraction of sp³-hybridized carbons (Fsp3) is 0.750. The predicted molar refractivity (Wildman–Crippen MR) is 90.6 cm³/mol. The molecule has 1 rings (SSSR count). The van der Waals surface area contributed by atoms with Crippen LogP contribution in [0.5, 0.6) is 0 Å². The summed E-state index contributed by atoms with van der Waals surface area (Å²) in [4.78, 5) is 8.68. The van der Waals surface area contributed by atoms with E-state index < -0.39 is 18.7 Å². The van der Waals surface area contributed by atoms with Gasteiger partial charge in [0.1, 0.15) is 0 Å². The summed E-state index contributed by atoms with van der Waals surface area (Å²) in [6.07, 6.45) is 13.5. The van der Waals surface area contributed by atoms with Crippen LogP contribution in [-0.4, -0.2) is 28.6 Å².